The second-order valence-electron chi connectivity index (χ2n) is 8.17. The summed E-state index contributed by atoms with van der Waals surface area (Å²) in [6.07, 6.45) is 1.03. The first-order chi connectivity index (χ1) is 14.3. The molecule has 3 fully saturated rings. The topological polar surface area (TPSA) is 99.0 Å². The van der Waals surface area contributed by atoms with Crippen molar-refractivity contribution < 1.29 is 24.0 Å². The molecule has 0 radical (unpaired) electrons. The molecule has 4 atom stereocenters. The summed E-state index contributed by atoms with van der Waals surface area (Å²) in [5, 5.41) is 11.5. The molecule has 0 aromatic heterocycles. The smallest absolute Gasteiger partial charge is 0.275 e. The zero-order chi connectivity index (χ0) is 21.2. The molecule has 8 nitrogen and oxygen atoms in total. The number of nitrogens with zero attached hydrogens (tertiary/aromatic N) is 2. The predicted molar refractivity (Wildman–Crippen MR) is 106 cm³/mol. The minimum absolute atomic E-state index is 0.160. The van der Waals surface area contributed by atoms with Gasteiger partial charge in [0.25, 0.3) is 5.69 Å². The van der Waals surface area contributed by atoms with E-state index < -0.39 is 16.8 Å². The molecule has 0 aliphatic carbocycles. The van der Waals surface area contributed by atoms with E-state index in [-0.39, 0.29) is 41.1 Å². The third-order valence-electron chi connectivity index (χ3n) is 6.20. The van der Waals surface area contributed by atoms with Crippen LogP contribution in [0.5, 0.6) is 11.5 Å². The molecule has 0 N–H and O–H groups in total. The summed E-state index contributed by atoms with van der Waals surface area (Å²) in [5.74, 6) is -0.947. The highest BCUT2D eigenvalue weighted by Crippen LogP contribution is 2.50. The monoisotopic (exact) mass is 408 g/mol. The Bertz CT molecular complexity index is 1070. The number of ether oxygens (including phenoxy) is 2. The van der Waals surface area contributed by atoms with Crippen molar-refractivity contribution in [1.29, 1.82) is 0 Å². The zero-order valence-corrected chi connectivity index (χ0v) is 16.5. The van der Waals surface area contributed by atoms with Crippen LogP contribution in [-0.2, 0) is 14.3 Å². The number of carbonyl (C=O) groups is 2. The third kappa shape index (κ3) is 2.79. The third-order valence-corrected chi connectivity index (χ3v) is 6.20. The first-order valence-corrected chi connectivity index (χ1v) is 9.91. The number of imide groups is 1. The molecule has 154 valence electrons. The van der Waals surface area contributed by atoms with Crippen LogP contribution >= 0.6 is 0 Å². The van der Waals surface area contributed by atoms with Gasteiger partial charge < -0.3 is 9.47 Å². The van der Waals surface area contributed by atoms with Gasteiger partial charge in [-0.25, -0.2) is 4.90 Å². The second kappa shape index (κ2) is 6.63. The molecule has 0 saturated carbocycles. The standard InChI is InChI=1S/C22H20N2O6/c1-11-3-4-12(2)18(7-11)29-15-9-13(8-14(10-15)24(27)28)23-21(25)19-16-5-6-17(30-16)20(19)22(23)26/h3-4,7-10,16-17,19-20H,5-6H2,1-2H3/t16-,17+,19-,20-/m0/s1. The molecule has 2 bridgehead atoms. The fourth-order valence-corrected chi connectivity index (χ4v) is 4.77. The van der Waals surface area contributed by atoms with E-state index in [1.807, 2.05) is 32.0 Å². The van der Waals surface area contributed by atoms with Crippen LogP contribution in [-0.4, -0.2) is 28.9 Å². The summed E-state index contributed by atoms with van der Waals surface area (Å²) >= 11 is 0. The molecule has 3 aliphatic rings. The predicted octanol–water partition coefficient (Wildman–Crippen LogP) is 3.67. The first kappa shape index (κ1) is 18.7. The van der Waals surface area contributed by atoms with Gasteiger partial charge in [-0.05, 0) is 43.9 Å². The van der Waals surface area contributed by atoms with E-state index in [0.717, 1.165) is 28.9 Å². The maximum absolute atomic E-state index is 13.1. The summed E-state index contributed by atoms with van der Waals surface area (Å²) in [6.45, 7) is 3.79. The van der Waals surface area contributed by atoms with E-state index >= 15 is 0 Å². The maximum atomic E-state index is 13.1. The minimum Gasteiger partial charge on any atom is -0.457 e. The van der Waals surface area contributed by atoms with Gasteiger partial charge in [0.1, 0.15) is 11.5 Å². The number of hydrogen-bond donors (Lipinski definition) is 0. The first-order valence-electron chi connectivity index (χ1n) is 9.91. The van der Waals surface area contributed by atoms with E-state index in [2.05, 4.69) is 0 Å². The van der Waals surface area contributed by atoms with Crippen LogP contribution in [0.15, 0.2) is 36.4 Å². The van der Waals surface area contributed by atoms with Crippen molar-refractivity contribution in [3.05, 3.63) is 57.6 Å². The van der Waals surface area contributed by atoms with Gasteiger partial charge in [0, 0.05) is 12.1 Å². The van der Waals surface area contributed by atoms with Crippen LogP contribution in [0.3, 0.4) is 0 Å². The largest absolute Gasteiger partial charge is 0.457 e. The molecule has 3 heterocycles. The van der Waals surface area contributed by atoms with Crippen molar-refractivity contribution in [1.82, 2.24) is 0 Å². The Morgan fingerprint density at radius 2 is 1.70 bits per heavy atom. The molecule has 0 spiro atoms. The number of carbonyl (C=O) groups excluding carboxylic acids is 2. The molecule has 3 saturated heterocycles. The van der Waals surface area contributed by atoms with Gasteiger partial charge >= 0.3 is 0 Å². The normalized spacial score (nSPS) is 26.9. The number of amides is 2. The molecule has 5 rings (SSSR count). The summed E-state index contributed by atoms with van der Waals surface area (Å²) in [6, 6.07) is 9.72. The van der Waals surface area contributed by atoms with Crippen LogP contribution < -0.4 is 9.64 Å². The number of anilines is 1. The fraction of sp³-hybridized carbons (Fsp3) is 0.364. The van der Waals surface area contributed by atoms with Gasteiger partial charge in [-0.1, -0.05) is 12.1 Å². The molecular weight excluding hydrogens is 388 g/mol. The van der Waals surface area contributed by atoms with Gasteiger partial charge in [-0.2, -0.15) is 0 Å². The number of aryl methyl sites for hydroxylation is 2. The van der Waals surface area contributed by atoms with Crippen molar-refractivity contribution >= 4 is 23.2 Å². The quantitative estimate of drug-likeness (QED) is 0.435. The maximum Gasteiger partial charge on any atom is 0.275 e. The SMILES string of the molecule is Cc1ccc(C)c(Oc2cc(N3C(=O)[C@@H]4[C@@H](C3=O)[C@H]3CC[C@@H]4O3)cc([N+](=O)[O-])c2)c1. The average Bonchev–Trinajstić information content (AvgIpc) is 3.38. The van der Waals surface area contributed by atoms with Gasteiger partial charge in [-0.3, -0.25) is 19.7 Å². The van der Waals surface area contributed by atoms with Crippen LogP contribution in [0.1, 0.15) is 24.0 Å². The Labute approximate surface area is 172 Å². The van der Waals surface area contributed by atoms with E-state index in [1.165, 1.54) is 18.2 Å². The van der Waals surface area contributed by atoms with E-state index in [1.54, 1.807) is 0 Å². The van der Waals surface area contributed by atoms with E-state index in [9.17, 15) is 19.7 Å². The van der Waals surface area contributed by atoms with Crippen molar-refractivity contribution in [3.8, 4) is 11.5 Å². The molecule has 0 unspecified atom stereocenters. The van der Waals surface area contributed by atoms with E-state index in [4.69, 9.17) is 9.47 Å². The van der Waals surface area contributed by atoms with Crippen LogP contribution in [0, 0.1) is 35.8 Å². The molecule has 30 heavy (non-hydrogen) atoms. The Morgan fingerprint density at radius 3 is 2.33 bits per heavy atom. The summed E-state index contributed by atoms with van der Waals surface area (Å²) in [4.78, 5) is 38.1. The lowest BCUT2D eigenvalue weighted by atomic mass is 9.81. The van der Waals surface area contributed by atoms with Crippen LogP contribution in [0.2, 0.25) is 0 Å². The lowest BCUT2D eigenvalue weighted by Crippen LogP contribution is -2.34. The van der Waals surface area contributed by atoms with Crippen molar-refractivity contribution in [3.63, 3.8) is 0 Å². The Morgan fingerprint density at radius 1 is 1.03 bits per heavy atom. The summed E-state index contributed by atoms with van der Waals surface area (Å²) in [7, 11) is 0. The fourth-order valence-electron chi connectivity index (χ4n) is 4.77. The summed E-state index contributed by atoms with van der Waals surface area (Å²) in [5.41, 5.74) is 1.76. The number of non-ortho nitro benzene ring substituents is 1. The lowest BCUT2D eigenvalue weighted by molar-refractivity contribution is -0.384. The van der Waals surface area contributed by atoms with Gasteiger partial charge in [-0.15, -0.1) is 0 Å². The molecule has 2 amide bonds. The number of nitro groups is 1. The molecule has 2 aromatic carbocycles. The van der Waals surface area contributed by atoms with Gasteiger partial charge in [0.05, 0.1) is 40.7 Å². The highest BCUT2D eigenvalue weighted by Gasteiger charge is 2.62. The lowest BCUT2D eigenvalue weighted by Gasteiger charge is -2.18. The second-order valence-corrected chi connectivity index (χ2v) is 8.17. The van der Waals surface area contributed by atoms with Crippen molar-refractivity contribution in [2.24, 2.45) is 11.8 Å². The minimum atomic E-state index is -0.557. The molecule has 3 aliphatic heterocycles. The molecular formula is C22H20N2O6. The summed E-state index contributed by atoms with van der Waals surface area (Å²) < 4.78 is 11.7. The Hall–Kier alpha value is -3.26. The van der Waals surface area contributed by atoms with E-state index in [0.29, 0.717) is 5.75 Å². The number of hydrogen-bond acceptors (Lipinski definition) is 6. The van der Waals surface area contributed by atoms with Gasteiger partial charge in [0.15, 0.2) is 0 Å². The highest BCUT2D eigenvalue weighted by molar-refractivity contribution is 6.23. The highest BCUT2D eigenvalue weighted by atomic mass is 16.6. The Kier molecular flexibility index (Phi) is 4.14. The Balaban J connectivity index is 1.54. The molecule has 8 heteroatoms. The number of benzene rings is 2. The van der Waals surface area contributed by atoms with Gasteiger partial charge in [0.2, 0.25) is 11.8 Å². The van der Waals surface area contributed by atoms with Crippen LogP contribution in [0.4, 0.5) is 11.4 Å². The zero-order valence-electron chi connectivity index (χ0n) is 16.5. The van der Waals surface area contributed by atoms with Crippen molar-refractivity contribution in [2.75, 3.05) is 4.90 Å². The molecule has 2 aromatic rings. The number of nitro benzene ring substituents is 1. The number of fused-ring (bicyclic) bond motifs is 5. The van der Waals surface area contributed by atoms with Crippen molar-refractivity contribution in [2.45, 2.75) is 38.9 Å². The average molecular weight is 408 g/mol. The number of rotatable bonds is 4. The van der Waals surface area contributed by atoms with Crippen LogP contribution in [0.25, 0.3) is 0 Å².